The third kappa shape index (κ3) is 2.18. The van der Waals surface area contributed by atoms with Gasteiger partial charge in [-0.05, 0) is 47.9 Å². The minimum absolute atomic E-state index is 0.811. The highest BCUT2D eigenvalue weighted by atomic mass is 35.5. The second-order valence-electron chi connectivity index (χ2n) is 5.13. The van der Waals surface area contributed by atoms with Crippen LogP contribution in [0.25, 0.3) is 16.7 Å². The Hall–Kier alpha value is -2.32. The van der Waals surface area contributed by atoms with Crippen molar-refractivity contribution in [3.63, 3.8) is 0 Å². The Labute approximate surface area is 127 Å². The fourth-order valence-corrected chi connectivity index (χ4v) is 2.88. The number of rotatable bonds is 2. The predicted octanol–water partition coefficient (Wildman–Crippen LogP) is 4.73. The molecular weight excluding hydrogens is 280 g/mol. The summed E-state index contributed by atoms with van der Waals surface area (Å²) in [7, 11) is 0. The van der Waals surface area contributed by atoms with Crippen molar-refractivity contribution in [2.45, 2.75) is 6.42 Å². The van der Waals surface area contributed by atoms with Gasteiger partial charge in [-0.1, -0.05) is 41.9 Å². The quantitative estimate of drug-likeness (QED) is 0.522. The zero-order valence-corrected chi connectivity index (χ0v) is 12.1. The molecule has 2 aromatic heterocycles. The first kappa shape index (κ1) is 12.4. The van der Waals surface area contributed by atoms with Crippen LogP contribution in [0.15, 0.2) is 66.9 Å². The lowest BCUT2D eigenvalue weighted by molar-refractivity contribution is 1.14. The van der Waals surface area contributed by atoms with Gasteiger partial charge in [0.05, 0.1) is 11.0 Å². The molecule has 0 saturated heterocycles. The lowest BCUT2D eigenvalue weighted by Gasteiger charge is -2.05. The number of fused-ring (bicyclic) bond motifs is 3. The van der Waals surface area contributed by atoms with Crippen LogP contribution in [-0.4, -0.2) is 9.38 Å². The molecule has 0 saturated carbocycles. The minimum atomic E-state index is 0.811. The van der Waals surface area contributed by atoms with E-state index >= 15 is 0 Å². The maximum absolute atomic E-state index is 6.24. The Balaban J connectivity index is 1.80. The van der Waals surface area contributed by atoms with Crippen LogP contribution in [0.2, 0.25) is 5.02 Å². The van der Waals surface area contributed by atoms with Crippen LogP contribution in [0.3, 0.4) is 0 Å². The predicted molar refractivity (Wildman–Crippen MR) is 87.0 cm³/mol. The van der Waals surface area contributed by atoms with Gasteiger partial charge in [0.2, 0.25) is 0 Å². The van der Waals surface area contributed by atoms with Crippen molar-refractivity contribution in [3.8, 4) is 0 Å². The van der Waals surface area contributed by atoms with E-state index < -0.39 is 0 Å². The normalized spacial score (nSPS) is 11.3. The van der Waals surface area contributed by atoms with E-state index in [1.165, 1.54) is 5.56 Å². The third-order valence-corrected chi connectivity index (χ3v) is 4.10. The first-order chi connectivity index (χ1) is 10.3. The zero-order chi connectivity index (χ0) is 14.2. The molecule has 4 aromatic rings. The number of para-hydroxylation sites is 2. The first-order valence-electron chi connectivity index (χ1n) is 6.90. The van der Waals surface area contributed by atoms with Crippen molar-refractivity contribution in [3.05, 3.63) is 83.0 Å². The number of hydrogen-bond donors (Lipinski definition) is 0. The fraction of sp³-hybridized carbons (Fsp3) is 0.0556. The molecule has 2 nitrogen and oxygen atoms in total. The van der Waals surface area contributed by atoms with Gasteiger partial charge in [-0.3, -0.25) is 4.40 Å². The Kier molecular flexibility index (Phi) is 2.90. The molecule has 0 N–H and O–H groups in total. The molecule has 3 heteroatoms. The van der Waals surface area contributed by atoms with E-state index in [4.69, 9.17) is 11.6 Å². The monoisotopic (exact) mass is 292 g/mol. The van der Waals surface area contributed by atoms with E-state index in [9.17, 15) is 0 Å². The van der Waals surface area contributed by atoms with Crippen molar-refractivity contribution in [1.29, 1.82) is 0 Å². The van der Waals surface area contributed by atoms with Gasteiger partial charge in [0.15, 0.2) is 0 Å². The SMILES string of the molecule is Clc1ccccc1Cc1ccn2c(c1)nc1ccccc12. The van der Waals surface area contributed by atoms with E-state index in [2.05, 4.69) is 39.8 Å². The molecule has 0 atom stereocenters. The van der Waals surface area contributed by atoms with Crippen molar-refractivity contribution < 1.29 is 0 Å². The van der Waals surface area contributed by atoms with E-state index in [1.54, 1.807) is 0 Å². The average molecular weight is 293 g/mol. The van der Waals surface area contributed by atoms with Crippen molar-refractivity contribution >= 4 is 28.3 Å². The zero-order valence-electron chi connectivity index (χ0n) is 11.3. The summed E-state index contributed by atoms with van der Waals surface area (Å²) in [6, 6.07) is 20.4. The van der Waals surface area contributed by atoms with Gasteiger partial charge in [-0.2, -0.15) is 0 Å². The van der Waals surface area contributed by atoms with Gasteiger partial charge in [-0.15, -0.1) is 0 Å². The molecule has 0 spiro atoms. The van der Waals surface area contributed by atoms with Crippen LogP contribution in [0.5, 0.6) is 0 Å². The number of aromatic nitrogens is 2. The molecule has 0 aliphatic heterocycles. The highest BCUT2D eigenvalue weighted by Gasteiger charge is 2.06. The number of halogens is 1. The van der Waals surface area contributed by atoms with Gasteiger partial charge in [-0.25, -0.2) is 4.98 Å². The minimum Gasteiger partial charge on any atom is -0.300 e. The van der Waals surface area contributed by atoms with Crippen LogP contribution in [0, 0.1) is 0 Å². The molecular formula is C18H13ClN2. The number of hydrogen-bond acceptors (Lipinski definition) is 1. The topological polar surface area (TPSA) is 17.3 Å². The second-order valence-corrected chi connectivity index (χ2v) is 5.54. The number of nitrogens with zero attached hydrogens (tertiary/aromatic N) is 2. The van der Waals surface area contributed by atoms with Crippen LogP contribution >= 0.6 is 11.6 Å². The van der Waals surface area contributed by atoms with Crippen LogP contribution in [0.1, 0.15) is 11.1 Å². The Morgan fingerprint density at radius 3 is 2.67 bits per heavy atom. The number of imidazole rings is 1. The van der Waals surface area contributed by atoms with Crippen molar-refractivity contribution in [1.82, 2.24) is 9.38 Å². The van der Waals surface area contributed by atoms with E-state index in [-0.39, 0.29) is 0 Å². The van der Waals surface area contributed by atoms with Gasteiger partial charge in [0.1, 0.15) is 5.65 Å². The van der Waals surface area contributed by atoms with Crippen molar-refractivity contribution in [2.75, 3.05) is 0 Å². The molecule has 21 heavy (non-hydrogen) atoms. The van der Waals surface area contributed by atoms with Gasteiger partial charge >= 0.3 is 0 Å². The largest absolute Gasteiger partial charge is 0.300 e. The molecule has 4 rings (SSSR count). The van der Waals surface area contributed by atoms with Gasteiger partial charge in [0.25, 0.3) is 0 Å². The average Bonchev–Trinajstić information content (AvgIpc) is 2.87. The number of pyridine rings is 1. The lowest BCUT2D eigenvalue weighted by atomic mass is 10.1. The summed E-state index contributed by atoms with van der Waals surface area (Å²) in [5.74, 6) is 0. The molecule has 0 fully saturated rings. The van der Waals surface area contributed by atoms with Gasteiger partial charge < -0.3 is 0 Å². The molecule has 0 aliphatic rings. The smallest absolute Gasteiger partial charge is 0.138 e. The summed E-state index contributed by atoms with van der Waals surface area (Å²) in [4.78, 5) is 4.67. The highest BCUT2D eigenvalue weighted by Crippen LogP contribution is 2.21. The Bertz CT molecular complexity index is 940. The molecule has 0 bridgehead atoms. The standard InChI is InChI=1S/C18H13ClN2/c19-15-6-2-1-5-14(15)11-13-9-10-21-17-8-4-3-7-16(17)20-18(21)12-13/h1-10,12H,11H2. The number of benzene rings is 2. The lowest BCUT2D eigenvalue weighted by Crippen LogP contribution is -1.92. The maximum Gasteiger partial charge on any atom is 0.138 e. The van der Waals surface area contributed by atoms with Crippen molar-refractivity contribution in [2.24, 2.45) is 0 Å². The third-order valence-electron chi connectivity index (χ3n) is 3.73. The van der Waals surface area contributed by atoms with E-state index in [0.29, 0.717) is 0 Å². The Morgan fingerprint density at radius 1 is 0.952 bits per heavy atom. The molecule has 2 heterocycles. The maximum atomic E-state index is 6.24. The molecule has 2 aromatic carbocycles. The fourth-order valence-electron chi connectivity index (χ4n) is 2.68. The van der Waals surface area contributed by atoms with Gasteiger partial charge in [0, 0.05) is 11.2 Å². The van der Waals surface area contributed by atoms with E-state index in [1.807, 2.05) is 36.4 Å². The second kappa shape index (κ2) is 4.90. The summed E-state index contributed by atoms with van der Waals surface area (Å²) in [5.41, 5.74) is 5.48. The first-order valence-corrected chi connectivity index (χ1v) is 7.28. The summed E-state index contributed by atoms with van der Waals surface area (Å²) < 4.78 is 2.12. The summed E-state index contributed by atoms with van der Waals surface area (Å²) in [6.45, 7) is 0. The molecule has 102 valence electrons. The highest BCUT2D eigenvalue weighted by molar-refractivity contribution is 6.31. The summed E-state index contributed by atoms with van der Waals surface area (Å²) >= 11 is 6.24. The summed E-state index contributed by atoms with van der Waals surface area (Å²) in [5, 5.41) is 0.811. The molecule has 0 aliphatic carbocycles. The Morgan fingerprint density at radius 2 is 1.76 bits per heavy atom. The van der Waals surface area contributed by atoms with Crippen LogP contribution in [0.4, 0.5) is 0 Å². The molecule has 0 radical (unpaired) electrons. The van der Waals surface area contributed by atoms with E-state index in [0.717, 1.165) is 33.7 Å². The van der Waals surface area contributed by atoms with Crippen LogP contribution in [-0.2, 0) is 6.42 Å². The molecule has 0 amide bonds. The summed E-state index contributed by atoms with van der Waals surface area (Å²) in [6.07, 6.45) is 2.90. The molecule has 0 unspecified atom stereocenters. The van der Waals surface area contributed by atoms with Crippen LogP contribution < -0.4 is 0 Å².